The van der Waals surface area contributed by atoms with Gasteiger partial charge in [0.25, 0.3) is 0 Å². The molecule has 1 N–H and O–H groups in total. The number of halogens is 4. The molecule has 21 heavy (non-hydrogen) atoms. The Morgan fingerprint density at radius 2 is 2.10 bits per heavy atom. The Morgan fingerprint density at radius 1 is 1.38 bits per heavy atom. The minimum absolute atomic E-state index is 0.0203. The average Bonchev–Trinajstić information content (AvgIpc) is 2.87. The second-order valence-corrected chi connectivity index (χ2v) is 5.24. The van der Waals surface area contributed by atoms with E-state index in [4.69, 9.17) is 0 Å². The van der Waals surface area contributed by atoms with Crippen LogP contribution in [0.25, 0.3) is 5.69 Å². The molecule has 5 nitrogen and oxygen atoms in total. The molecule has 0 bridgehead atoms. The highest BCUT2D eigenvalue weighted by atomic mass is 79.9. The topological polar surface area (TPSA) is 55.6 Å². The molecule has 114 valence electrons. The highest BCUT2D eigenvalue weighted by Gasteiger charge is 2.33. The third-order valence-electron chi connectivity index (χ3n) is 2.89. The van der Waals surface area contributed by atoms with Gasteiger partial charge >= 0.3 is 6.18 Å². The van der Waals surface area contributed by atoms with Crippen LogP contribution in [0.15, 0.2) is 22.7 Å². The Labute approximate surface area is 127 Å². The van der Waals surface area contributed by atoms with Crippen molar-refractivity contribution < 1.29 is 13.2 Å². The fraction of sp³-hybridized carbons (Fsp3) is 0.417. The second kappa shape index (κ2) is 6.10. The number of nitrogens with one attached hydrogen (secondary N) is 1. The fourth-order valence-corrected chi connectivity index (χ4v) is 2.38. The van der Waals surface area contributed by atoms with Gasteiger partial charge in [-0.25, -0.2) is 0 Å². The molecule has 1 aromatic carbocycles. The van der Waals surface area contributed by atoms with Gasteiger partial charge < -0.3 is 5.32 Å². The molecule has 1 heterocycles. The van der Waals surface area contributed by atoms with E-state index in [0.29, 0.717) is 12.4 Å². The summed E-state index contributed by atoms with van der Waals surface area (Å²) in [5.74, 6) is 0.451. The summed E-state index contributed by atoms with van der Waals surface area (Å²) in [6, 6.07) is 3.70. The standard InChI is InChI=1S/C12H13BrF3N5/c1-3-17-7(2)11-18-19-20-21(11)8-4-5-10(13)9(6-8)12(14,15)16/h4-7,17H,3H2,1-2H3. The van der Waals surface area contributed by atoms with Crippen molar-refractivity contribution in [2.24, 2.45) is 0 Å². The average molecular weight is 364 g/mol. The predicted molar refractivity (Wildman–Crippen MR) is 73.9 cm³/mol. The van der Waals surface area contributed by atoms with Gasteiger partial charge in [0.1, 0.15) is 0 Å². The molecule has 2 aromatic rings. The molecule has 9 heteroatoms. The maximum atomic E-state index is 12.9. The first-order valence-corrected chi connectivity index (χ1v) is 7.02. The van der Waals surface area contributed by atoms with Crippen LogP contribution in [0.1, 0.15) is 31.3 Å². The minimum Gasteiger partial charge on any atom is -0.308 e. The zero-order valence-electron chi connectivity index (χ0n) is 11.3. The van der Waals surface area contributed by atoms with Gasteiger partial charge in [-0.2, -0.15) is 17.9 Å². The van der Waals surface area contributed by atoms with E-state index in [1.54, 1.807) is 0 Å². The largest absolute Gasteiger partial charge is 0.417 e. The molecule has 0 aliphatic carbocycles. The Kier molecular flexibility index (Phi) is 4.62. The van der Waals surface area contributed by atoms with Crippen LogP contribution in [-0.4, -0.2) is 26.8 Å². The van der Waals surface area contributed by atoms with E-state index in [0.717, 1.165) is 6.07 Å². The monoisotopic (exact) mass is 363 g/mol. The van der Waals surface area contributed by atoms with E-state index >= 15 is 0 Å². The van der Waals surface area contributed by atoms with Gasteiger partial charge in [-0.1, -0.05) is 22.9 Å². The normalized spacial score (nSPS) is 13.4. The summed E-state index contributed by atoms with van der Waals surface area (Å²) in [6.07, 6.45) is -4.45. The SMILES string of the molecule is CCNC(C)c1nnnn1-c1ccc(Br)c(C(F)(F)F)c1. The van der Waals surface area contributed by atoms with Crippen LogP contribution >= 0.6 is 15.9 Å². The predicted octanol–water partition coefficient (Wildman–Crippen LogP) is 3.11. The van der Waals surface area contributed by atoms with Crippen molar-refractivity contribution in [1.82, 2.24) is 25.5 Å². The van der Waals surface area contributed by atoms with Crippen molar-refractivity contribution in [2.45, 2.75) is 26.1 Å². The van der Waals surface area contributed by atoms with E-state index in [1.165, 1.54) is 16.8 Å². The highest BCUT2D eigenvalue weighted by molar-refractivity contribution is 9.10. The summed E-state index contributed by atoms with van der Waals surface area (Å²) in [5.41, 5.74) is -0.507. The highest BCUT2D eigenvalue weighted by Crippen LogP contribution is 2.36. The molecule has 0 aliphatic rings. The first kappa shape index (κ1) is 15.9. The number of hydrogen-bond donors (Lipinski definition) is 1. The van der Waals surface area contributed by atoms with Crippen LogP contribution in [0.5, 0.6) is 0 Å². The van der Waals surface area contributed by atoms with Gasteiger partial charge in [0.05, 0.1) is 17.3 Å². The number of benzene rings is 1. The maximum absolute atomic E-state index is 12.9. The van der Waals surface area contributed by atoms with Crippen molar-refractivity contribution in [3.8, 4) is 5.69 Å². The van der Waals surface area contributed by atoms with Gasteiger partial charge in [-0.15, -0.1) is 5.10 Å². The van der Waals surface area contributed by atoms with Crippen LogP contribution in [0.3, 0.4) is 0 Å². The molecular formula is C12H13BrF3N5. The Morgan fingerprint density at radius 3 is 2.71 bits per heavy atom. The van der Waals surface area contributed by atoms with E-state index in [9.17, 15) is 13.2 Å². The lowest BCUT2D eigenvalue weighted by molar-refractivity contribution is -0.138. The summed E-state index contributed by atoms with van der Waals surface area (Å²) in [6.45, 7) is 4.46. The number of hydrogen-bond acceptors (Lipinski definition) is 4. The molecule has 0 saturated carbocycles. The zero-order chi connectivity index (χ0) is 15.6. The van der Waals surface area contributed by atoms with Gasteiger partial charge in [0, 0.05) is 4.47 Å². The van der Waals surface area contributed by atoms with Gasteiger partial charge in [0.15, 0.2) is 5.82 Å². The smallest absolute Gasteiger partial charge is 0.308 e. The summed E-state index contributed by atoms with van der Waals surface area (Å²) in [4.78, 5) is 0. The summed E-state index contributed by atoms with van der Waals surface area (Å²) >= 11 is 2.91. The first-order chi connectivity index (χ1) is 9.84. The van der Waals surface area contributed by atoms with E-state index in [1.807, 2.05) is 13.8 Å². The quantitative estimate of drug-likeness (QED) is 0.906. The molecule has 1 unspecified atom stereocenters. The van der Waals surface area contributed by atoms with Gasteiger partial charge in [-0.3, -0.25) is 0 Å². The number of nitrogens with zero attached hydrogens (tertiary/aromatic N) is 4. The van der Waals surface area contributed by atoms with Crippen molar-refractivity contribution in [3.63, 3.8) is 0 Å². The lowest BCUT2D eigenvalue weighted by Crippen LogP contribution is -2.21. The van der Waals surface area contributed by atoms with Crippen LogP contribution in [-0.2, 0) is 6.18 Å². The molecule has 1 atom stereocenters. The summed E-state index contributed by atoms with van der Waals surface area (Å²) < 4.78 is 40.1. The Hall–Kier alpha value is -1.48. The van der Waals surface area contributed by atoms with Crippen molar-refractivity contribution in [1.29, 1.82) is 0 Å². The molecule has 0 spiro atoms. The summed E-state index contributed by atoms with van der Waals surface area (Å²) in [7, 11) is 0. The molecule has 0 saturated heterocycles. The lowest BCUT2D eigenvalue weighted by Gasteiger charge is -2.14. The lowest BCUT2D eigenvalue weighted by atomic mass is 10.2. The van der Waals surface area contributed by atoms with Crippen LogP contribution < -0.4 is 5.32 Å². The molecule has 0 radical (unpaired) electrons. The minimum atomic E-state index is -4.45. The first-order valence-electron chi connectivity index (χ1n) is 6.23. The van der Waals surface area contributed by atoms with Crippen LogP contribution in [0.4, 0.5) is 13.2 Å². The third kappa shape index (κ3) is 3.41. The zero-order valence-corrected chi connectivity index (χ0v) is 12.9. The fourth-order valence-electron chi connectivity index (χ4n) is 1.91. The van der Waals surface area contributed by atoms with Gasteiger partial charge in [0.2, 0.25) is 0 Å². The van der Waals surface area contributed by atoms with E-state index < -0.39 is 11.7 Å². The van der Waals surface area contributed by atoms with Crippen molar-refractivity contribution >= 4 is 15.9 Å². The van der Waals surface area contributed by atoms with Crippen molar-refractivity contribution in [3.05, 3.63) is 34.1 Å². The molecule has 0 aliphatic heterocycles. The van der Waals surface area contributed by atoms with E-state index in [-0.39, 0.29) is 16.2 Å². The molecule has 0 fully saturated rings. The van der Waals surface area contributed by atoms with Crippen LogP contribution in [0, 0.1) is 0 Å². The van der Waals surface area contributed by atoms with E-state index in [2.05, 4.69) is 36.8 Å². The van der Waals surface area contributed by atoms with Crippen molar-refractivity contribution in [2.75, 3.05) is 6.54 Å². The number of tetrazole rings is 1. The van der Waals surface area contributed by atoms with Gasteiger partial charge in [-0.05, 0) is 42.1 Å². The second-order valence-electron chi connectivity index (χ2n) is 4.39. The third-order valence-corrected chi connectivity index (χ3v) is 3.58. The molecule has 2 rings (SSSR count). The number of alkyl halides is 3. The maximum Gasteiger partial charge on any atom is 0.417 e. The number of aromatic nitrogens is 4. The Balaban J connectivity index is 2.47. The molecule has 1 aromatic heterocycles. The summed E-state index contributed by atoms with van der Waals surface area (Å²) in [5, 5.41) is 14.3. The molecular weight excluding hydrogens is 351 g/mol. The number of rotatable bonds is 4. The Bertz CT molecular complexity index is 626. The molecule has 0 amide bonds. The van der Waals surface area contributed by atoms with Crippen LogP contribution in [0.2, 0.25) is 0 Å².